The fraction of sp³-hybridized carbons (Fsp3) is 0.538. The molecule has 0 aromatic heterocycles. The highest BCUT2D eigenvalue weighted by Gasteiger charge is 2.20. The molecule has 0 aliphatic rings. The second-order valence-electron chi connectivity index (χ2n) is 5.36. The third kappa shape index (κ3) is 4.31. The summed E-state index contributed by atoms with van der Waals surface area (Å²) in [7, 11) is -3.31. The lowest BCUT2D eigenvalue weighted by atomic mass is 9.86. The predicted molar refractivity (Wildman–Crippen MR) is 76.2 cm³/mol. The summed E-state index contributed by atoms with van der Waals surface area (Å²) in [5.74, 6) is 0.0575. The van der Waals surface area contributed by atoms with Gasteiger partial charge >= 0.3 is 0 Å². The van der Waals surface area contributed by atoms with Crippen LogP contribution in [0.15, 0.2) is 24.3 Å². The molecule has 1 aromatic rings. The van der Waals surface area contributed by atoms with E-state index in [4.69, 9.17) is 5.73 Å². The van der Waals surface area contributed by atoms with Crippen LogP contribution in [0.2, 0.25) is 0 Å². The molecule has 18 heavy (non-hydrogen) atoms. The van der Waals surface area contributed by atoms with Gasteiger partial charge in [-0.05, 0) is 30.0 Å². The van der Waals surface area contributed by atoms with Crippen LogP contribution >= 0.6 is 0 Å². The molecule has 1 rings (SSSR count). The first-order valence-corrected chi connectivity index (χ1v) is 7.71. The van der Waals surface area contributed by atoms with Gasteiger partial charge in [0.15, 0.2) is 0 Å². The topological polar surface area (TPSA) is 72.2 Å². The summed E-state index contributed by atoms with van der Waals surface area (Å²) in [5.41, 5.74) is 6.87. The lowest BCUT2D eigenvalue weighted by molar-refractivity contribution is 0.589. The maximum atomic E-state index is 11.9. The van der Waals surface area contributed by atoms with Crippen LogP contribution in [0.25, 0.3) is 0 Å². The molecule has 0 spiro atoms. The van der Waals surface area contributed by atoms with Crippen molar-refractivity contribution >= 4 is 15.7 Å². The summed E-state index contributed by atoms with van der Waals surface area (Å²) in [6.45, 7) is 6.54. The van der Waals surface area contributed by atoms with E-state index >= 15 is 0 Å². The van der Waals surface area contributed by atoms with E-state index in [9.17, 15) is 8.42 Å². The molecule has 0 fully saturated rings. The molecule has 1 aromatic carbocycles. The van der Waals surface area contributed by atoms with Crippen LogP contribution in [0.5, 0.6) is 0 Å². The van der Waals surface area contributed by atoms with Crippen molar-refractivity contribution in [1.29, 1.82) is 0 Å². The van der Waals surface area contributed by atoms with Crippen LogP contribution in [0.1, 0.15) is 32.8 Å². The van der Waals surface area contributed by atoms with E-state index in [1.165, 1.54) is 0 Å². The van der Waals surface area contributed by atoms with Gasteiger partial charge in [0.1, 0.15) is 0 Å². The molecule has 0 amide bonds. The molecule has 0 atom stereocenters. The van der Waals surface area contributed by atoms with Gasteiger partial charge in [0.2, 0.25) is 10.0 Å². The average molecular weight is 270 g/mol. The zero-order chi connectivity index (χ0) is 13.8. The quantitative estimate of drug-likeness (QED) is 0.860. The van der Waals surface area contributed by atoms with E-state index < -0.39 is 10.0 Å². The summed E-state index contributed by atoms with van der Waals surface area (Å²) in [6.07, 6.45) is 0.465. The number of rotatable bonds is 5. The standard InChI is InChI=1S/C13H22N2O2S/c1-13(2,3)11-7-4-5-8-12(11)15-18(16,17)10-6-9-14/h4-5,7-8,15H,6,9-10,14H2,1-3H3. The van der Waals surface area contributed by atoms with Crippen molar-refractivity contribution in [3.05, 3.63) is 29.8 Å². The normalized spacial score (nSPS) is 12.4. The molecule has 5 heteroatoms. The Morgan fingerprint density at radius 1 is 1.22 bits per heavy atom. The number of para-hydroxylation sites is 1. The highest BCUT2D eigenvalue weighted by molar-refractivity contribution is 7.92. The van der Waals surface area contributed by atoms with Crippen molar-refractivity contribution in [2.75, 3.05) is 17.0 Å². The largest absolute Gasteiger partial charge is 0.330 e. The zero-order valence-electron chi connectivity index (χ0n) is 11.2. The Hall–Kier alpha value is -1.07. The van der Waals surface area contributed by atoms with E-state index in [2.05, 4.69) is 25.5 Å². The molecule has 0 aliphatic heterocycles. The second kappa shape index (κ2) is 5.71. The van der Waals surface area contributed by atoms with E-state index in [-0.39, 0.29) is 11.2 Å². The fourth-order valence-corrected chi connectivity index (χ4v) is 2.88. The predicted octanol–water partition coefficient (Wildman–Crippen LogP) is 2.07. The number of benzene rings is 1. The highest BCUT2D eigenvalue weighted by Crippen LogP contribution is 2.29. The van der Waals surface area contributed by atoms with Gasteiger partial charge in [-0.15, -0.1) is 0 Å². The van der Waals surface area contributed by atoms with Gasteiger partial charge in [0.05, 0.1) is 11.4 Å². The molecular formula is C13H22N2O2S. The van der Waals surface area contributed by atoms with Crippen molar-refractivity contribution in [2.24, 2.45) is 5.73 Å². The smallest absolute Gasteiger partial charge is 0.232 e. The minimum atomic E-state index is -3.31. The van der Waals surface area contributed by atoms with Crippen LogP contribution in [0, 0.1) is 0 Å². The van der Waals surface area contributed by atoms with Gasteiger partial charge in [-0.2, -0.15) is 0 Å². The van der Waals surface area contributed by atoms with Crippen LogP contribution in [-0.4, -0.2) is 20.7 Å². The van der Waals surface area contributed by atoms with E-state index in [0.717, 1.165) is 5.56 Å². The zero-order valence-corrected chi connectivity index (χ0v) is 12.0. The molecule has 102 valence electrons. The van der Waals surface area contributed by atoms with Gasteiger partial charge in [0.25, 0.3) is 0 Å². The Morgan fingerprint density at radius 3 is 2.39 bits per heavy atom. The summed E-state index contributed by atoms with van der Waals surface area (Å²) in [6, 6.07) is 7.48. The van der Waals surface area contributed by atoms with Crippen LogP contribution < -0.4 is 10.5 Å². The first-order valence-electron chi connectivity index (χ1n) is 6.06. The van der Waals surface area contributed by atoms with Gasteiger partial charge in [-0.25, -0.2) is 8.42 Å². The molecule has 0 bridgehead atoms. The van der Waals surface area contributed by atoms with Crippen LogP contribution in [-0.2, 0) is 15.4 Å². The maximum Gasteiger partial charge on any atom is 0.232 e. The number of nitrogens with two attached hydrogens (primary N) is 1. The summed E-state index contributed by atoms with van der Waals surface area (Å²) < 4.78 is 26.4. The Bertz CT molecular complexity index is 490. The summed E-state index contributed by atoms with van der Waals surface area (Å²) >= 11 is 0. The third-order valence-electron chi connectivity index (χ3n) is 2.62. The van der Waals surface area contributed by atoms with Crippen molar-refractivity contribution < 1.29 is 8.42 Å². The molecule has 3 N–H and O–H groups in total. The van der Waals surface area contributed by atoms with Gasteiger partial charge < -0.3 is 5.73 Å². The Labute approximate surface area is 110 Å². The van der Waals surface area contributed by atoms with Gasteiger partial charge in [0, 0.05) is 0 Å². The average Bonchev–Trinajstić information content (AvgIpc) is 2.25. The fourth-order valence-electron chi connectivity index (χ4n) is 1.72. The minimum absolute atomic E-state index is 0.0575. The van der Waals surface area contributed by atoms with Crippen LogP contribution in [0.3, 0.4) is 0 Å². The van der Waals surface area contributed by atoms with E-state index in [1.807, 2.05) is 18.2 Å². The summed E-state index contributed by atoms with van der Waals surface area (Å²) in [4.78, 5) is 0. The maximum absolute atomic E-state index is 11.9. The van der Waals surface area contributed by atoms with Crippen molar-refractivity contribution in [2.45, 2.75) is 32.6 Å². The van der Waals surface area contributed by atoms with E-state index in [0.29, 0.717) is 18.7 Å². The van der Waals surface area contributed by atoms with Crippen molar-refractivity contribution in [1.82, 2.24) is 0 Å². The minimum Gasteiger partial charge on any atom is -0.330 e. The van der Waals surface area contributed by atoms with Crippen molar-refractivity contribution in [3.8, 4) is 0 Å². The van der Waals surface area contributed by atoms with Gasteiger partial charge in [-0.3, -0.25) is 4.72 Å². The van der Waals surface area contributed by atoms with Crippen molar-refractivity contribution in [3.63, 3.8) is 0 Å². The molecule has 0 saturated heterocycles. The number of sulfonamides is 1. The number of hydrogen-bond acceptors (Lipinski definition) is 3. The highest BCUT2D eigenvalue weighted by atomic mass is 32.2. The number of nitrogens with one attached hydrogen (secondary N) is 1. The Morgan fingerprint density at radius 2 is 1.83 bits per heavy atom. The molecule has 0 radical (unpaired) electrons. The van der Waals surface area contributed by atoms with Gasteiger partial charge in [-0.1, -0.05) is 39.0 Å². The molecule has 0 heterocycles. The van der Waals surface area contributed by atoms with E-state index in [1.54, 1.807) is 6.07 Å². The van der Waals surface area contributed by atoms with Crippen LogP contribution in [0.4, 0.5) is 5.69 Å². The lowest BCUT2D eigenvalue weighted by Gasteiger charge is -2.23. The molecule has 0 unspecified atom stereocenters. The lowest BCUT2D eigenvalue weighted by Crippen LogP contribution is -2.22. The number of hydrogen-bond donors (Lipinski definition) is 2. The molecule has 0 saturated carbocycles. The second-order valence-corrected chi connectivity index (χ2v) is 7.20. The first-order chi connectivity index (χ1) is 8.26. The molecular weight excluding hydrogens is 248 g/mol. The Kier molecular flexibility index (Phi) is 4.76. The summed E-state index contributed by atoms with van der Waals surface area (Å²) in [5, 5.41) is 0. The Balaban J connectivity index is 2.98. The molecule has 0 aliphatic carbocycles. The third-order valence-corrected chi connectivity index (χ3v) is 3.97. The molecule has 4 nitrogen and oxygen atoms in total. The monoisotopic (exact) mass is 270 g/mol. The first kappa shape index (κ1) is 15.0. The number of anilines is 1. The SMILES string of the molecule is CC(C)(C)c1ccccc1NS(=O)(=O)CCCN.